The highest BCUT2D eigenvalue weighted by atomic mass is 35.5. The van der Waals surface area contributed by atoms with Gasteiger partial charge in [0.15, 0.2) is 5.69 Å². The quantitative estimate of drug-likeness (QED) is 0.358. The number of rotatable bonds is 4. The molecule has 1 amide bonds. The normalized spacial score (nSPS) is 11.8. The first-order valence-corrected chi connectivity index (χ1v) is 10.4. The van der Waals surface area contributed by atoms with Gasteiger partial charge in [0.2, 0.25) is 0 Å². The molecule has 0 saturated heterocycles. The third-order valence-electron chi connectivity index (χ3n) is 4.68. The van der Waals surface area contributed by atoms with Gasteiger partial charge in [0, 0.05) is 6.07 Å². The maximum atomic E-state index is 14.6. The van der Waals surface area contributed by atoms with Crippen molar-refractivity contribution in [1.29, 1.82) is 0 Å². The lowest BCUT2D eigenvalue weighted by Crippen LogP contribution is -2.21. The predicted molar refractivity (Wildman–Crippen MR) is 114 cm³/mol. The molecular weight excluding hydrogens is 500 g/mol. The lowest BCUT2D eigenvalue weighted by molar-refractivity contribution is -0.143. The third-order valence-corrected chi connectivity index (χ3v) is 5.75. The summed E-state index contributed by atoms with van der Waals surface area (Å²) in [5.41, 5.74) is -2.08. The van der Waals surface area contributed by atoms with Crippen molar-refractivity contribution in [1.82, 2.24) is 34.4 Å². The minimum atomic E-state index is -4.96. The monoisotopic (exact) mass is 508 g/mol. The summed E-state index contributed by atoms with van der Waals surface area (Å²) in [6.45, 7) is 0. The summed E-state index contributed by atoms with van der Waals surface area (Å²) in [6, 6.07) is 6.47. The number of fused-ring (bicyclic) bond motifs is 1. The van der Waals surface area contributed by atoms with Gasteiger partial charge in [0.1, 0.15) is 21.7 Å². The van der Waals surface area contributed by atoms with E-state index < -0.39 is 34.8 Å². The van der Waals surface area contributed by atoms with Crippen molar-refractivity contribution in [3.8, 4) is 11.4 Å². The fourth-order valence-electron chi connectivity index (χ4n) is 3.24. The second kappa shape index (κ2) is 8.14. The number of amides is 1. The predicted octanol–water partition coefficient (Wildman–Crippen LogP) is 4.52. The molecule has 0 spiro atoms. The summed E-state index contributed by atoms with van der Waals surface area (Å²) in [4.78, 5) is 13.8. The van der Waals surface area contributed by atoms with E-state index in [1.54, 1.807) is 6.07 Å². The van der Waals surface area contributed by atoms with Crippen molar-refractivity contribution in [2.45, 2.75) is 6.18 Å². The minimum absolute atomic E-state index is 0.0380. The fourth-order valence-corrected chi connectivity index (χ4v) is 4.14. The van der Waals surface area contributed by atoms with Crippen LogP contribution in [0.3, 0.4) is 0 Å². The maximum absolute atomic E-state index is 14.6. The molecule has 0 aliphatic carbocycles. The Morgan fingerprint density at radius 3 is 2.59 bits per heavy atom. The number of anilines is 1. The number of hydrogen-bond donors (Lipinski definition) is 1. The van der Waals surface area contributed by atoms with E-state index in [1.807, 2.05) is 0 Å². The largest absolute Gasteiger partial charge is 0.434 e. The topological polar surface area (TPSA) is 103 Å². The fraction of sp³-hybridized carbons (Fsp3) is 0.0526. The summed E-state index contributed by atoms with van der Waals surface area (Å²) in [7, 11) is 0. The number of carbonyl (C=O) groups excluding carboxylic acids is 1. The van der Waals surface area contributed by atoms with Crippen molar-refractivity contribution in [2.24, 2.45) is 0 Å². The Balaban J connectivity index is 1.54. The second-order valence-electron chi connectivity index (χ2n) is 6.77. The van der Waals surface area contributed by atoms with Crippen LogP contribution in [0.25, 0.3) is 21.6 Å². The van der Waals surface area contributed by atoms with Gasteiger partial charge in [0.25, 0.3) is 5.91 Å². The molecule has 0 aliphatic heterocycles. The Morgan fingerprint density at radius 1 is 1.09 bits per heavy atom. The molecular formula is C19H9ClF4N8OS. The molecule has 2 aromatic carbocycles. The van der Waals surface area contributed by atoms with Crippen LogP contribution in [-0.4, -0.2) is 40.3 Å². The van der Waals surface area contributed by atoms with E-state index in [9.17, 15) is 22.4 Å². The molecule has 5 rings (SSSR count). The van der Waals surface area contributed by atoms with Crippen molar-refractivity contribution in [2.75, 3.05) is 5.32 Å². The summed E-state index contributed by atoms with van der Waals surface area (Å²) in [6.07, 6.45) is -1.51. The molecule has 0 radical (unpaired) electrons. The highest BCUT2D eigenvalue weighted by Gasteiger charge is 2.41. The van der Waals surface area contributed by atoms with Crippen LogP contribution in [0.2, 0.25) is 5.02 Å². The van der Waals surface area contributed by atoms with Gasteiger partial charge in [0.05, 0.1) is 40.6 Å². The Kier molecular flexibility index (Phi) is 5.25. The molecule has 9 nitrogen and oxygen atoms in total. The molecule has 34 heavy (non-hydrogen) atoms. The molecule has 0 bridgehead atoms. The second-order valence-corrected chi connectivity index (χ2v) is 7.93. The first-order chi connectivity index (χ1) is 16.2. The van der Waals surface area contributed by atoms with Gasteiger partial charge in [-0.3, -0.25) is 4.79 Å². The molecule has 1 N–H and O–H groups in total. The molecule has 0 unspecified atom stereocenters. The molecule has 172 valence electrons. The number of nitrogens with one attached hydrogen (secondary N) is 1. The smallest absolute Gasteiger partial charge is 0.319 e. The lowest BCUT2D eigenvalue weighted by atomic mass is 10.2. The Labute approximate surface area is 195 Å². The van der Waals surface area contributed by atoms with Crippen LogP contribution in [0.1, 0.15) is 16.1 Å². The molecule has 0 saturated carbocycles. The zero-order chi connectivity index (χ0) is 24.0. The van der Waals surface area contributed by atoms with Crippen LogP contribution in [0.4, 0.5) is 23.2 Å². The molecule has 0 fully saturated rings. The van der Waals surface area contributed by atoms with E-state index in [1.165, 1.54) is 24.5 Å². The summed E-state index contributed by atoms with van der Waals surface area (Å²) in [5.74, 6) is -2.18. The van der Waals surface area contributed by atoms with Crippen LogP contribution in [0, 0.1) is 5.82 Å². The van der Waals surface area contributed by atoms with Crippen molar-refractivity contribution in [3.05, 3.63) is 71.0 Å². The van der Waals surface area contributed by atoms with Crippen LogP contribution >= 0.6 is 23.1 Å². The van der Waals surface area contributed by atoms with Crippen LogP contribution in [0.15, 0.2) is 48.9 Å². The molecule has 0 aliphatic rings. The number of alkyl halides is 3. The van der Waals surface area contributed by atoms with Gasteiger partial charge >= 0.3 is 6.18 Å². The van der Waals surface area contributed by atoms with Crippen molar-refractivity contribution < 1.29 is 22.4 Å². The van der Waals surface area contributed by atoms with Gasteiger partial charge in [-0.1, -0.05) is 22.2 Å². The summed E-state index contributed by atoms with van der Waals surface area (Å²) in [5, 5.41) is 17.4. The number of benzene rings is 2. The van der Waals surface area contributed by atoms with E-state index in [4.69, 9.17) is 11.6 Å². The standard InChI is InChI=1S/C19H9ClF4N8OS/c20-10-6-13(11(21)7-15(10)32-25-4-5-26-32)28-18(33)9-8-27-31(17(9)19(22,23)24)14-3-1-2-12-16(14)34-30-29-12/h1-8H,(H,28,33). The van der Waals surface area contributed by atoms with Gasteiger partial charge < -0.3 is 5.32 Å². The van der Waals surface area contributed by atoms with E-state index >= 15 is 0 Å². The van der Waals surface area contributed by atoms with Crippen LogP contribution in [0.5, 0.6) is 0 Å². The number of nitrogens with zero attached hydrogens (tertiary/aromatic N) is 7. The molecule has 3 aromatic heterocycles. The van der Waals surface area contributed by atoms with E-state index in [2.05, 4.69) is 30.2 Å². The van der Waals surface area contributed by atoms with Gasteiger partial charge in [-0.15, -0.1) is 9.90 Å². The zero-order valence-corrected chi connectivity index (χ0v) is 18.0. The van der Waals surface area contributed by atoms with E-state index in [-0.39, 0.29) is 16.4 Å². The van der Waals surface area contributed by atoms with E-state index in [0.29, 0.717) is 14.9 Å². The first kappa shape index (κ1) is 21.9. The summed E-state index contributed by atoms with van der Waals surface area (Å²) < 4.78 is 61.4. The Hall–Kier alpha value is -3.91. The Bertz CT molecular complexity index is 1530. The molecule has 5 aromatic rings. The van der Waals surface area contributed by atoms with Crippen LogP contribution < -0.4 is 5.32 Å². The van der Waals surface area contributed by atoms with E-state index in [0.717, 1.165) is 34.7 Å². The van der Waals surface area contributed by atoms with Crippen LogP contribution in [-0.2, 0) is 6.18 Å². The van der Waals surface area contributed by atoms with Gasteiger partial charge in [-0.05, 0) is 29.7 Å². The van der Waals surface area contributed by atoms with Gasteiger partial charge in [-0.25, -0.2) is 9.07 Å². The third kappa shape index (κ3) is 3.76. The van der Waals surface area contributed by atoms with Crippen molar-refractivity contribution >= 4 is 44.9 Å². The maximum Gasteiger partial charge on any atom is 0.434 e. The molecule has 15 heteroatoms. The number of halogens is 5. The number of carbonyl (C=O) groups is 1. The highest BCUT2D eigenvalue weighted by Crippen LogP contribution is 2.36. The molecule has 0 atom stereocenters. The lowest BCUT2D eigenvalue weighted by Gasteiger charge is -2.14. The van der Waals surface area contributed by atoms with Crippen molar-refractivity contribution in [3.63, 3.8) is 0 Å². The van der Waals surface area contributed by atoms with Gasteiger partial charge in [-0.2, -0.15) is 28.5 Å². The first-order valence-electron chi connectivity index (χ1n) is 9.28. The Morgan fingerprint density at radius 2 is 1.85 bits per heavy atom. The zero-order valence-electron chi connectivity index (χ0n) is 16.5. The minimum Gasteiger partial charge on any atom is -0.319 e. The molecule has 3 heterocycles. The number of hydrogen-bond acceptors (Lipinski definition) is 7. The highest BCUT2D eigenvalue weighted by molar-refractivity contribution is 7.13. The summed E-state index contributed by atoms with van der Waals surface area (Å²) >= 11 is 7.01. The average molecular weight is 509 g/mol. The SMILES string of the molecule is O=C(Nc1cc(Cl)c(-n2nccn2)cc1F)c1cnn(-c2cccc3nnsc23)c1C(F)(F)F. The average Bonchev–Trinajstić information content (AvgIpc) is 3.55. The number of aromatic nitrogens is 7.